The van der Waals surface area contributed by atoms with Crippen LogP contribution >= 0.6 is 61.1 Å². The molecular formula is C19H19BrI2N4O4S. The summed E-state index contributed by atoms with van der Waals surface area (Å²) in [5.41, 5.74) is 2.97. The normalized spacial score (nSPS) is 16.0. The molecule has 2 aromatic rings. The van der Waals surface area contributed by atoms with Gasteiger partial charge in [0.2, 0.25) is 10.0 Å². The number of piperazine rings is 1. The van der Waals surface area contributed by atoms with Crippen LogP contribution in [0, 0.1) is 7.14 Å². The van der Waals surface area contributed by atoms with Crippen molar-refractivity contribution in [3.05, 3.63) is 53.6 Å². The topological polar surface area (TPSA) is 102 Å². The molecule has 31 heavy (non-hydrogen) atoms. The Hall–Kier alpha value is -0.810. The van der Waals surface area contributed by atoms with Crippen LogP contribution in [0.5, 0.6) is 5.75 Å². The molecule has 2 N–H and O–H groups in total. The second-order valence-corrected chi connectivity index (χ2v) is 12.0. The maximum Gasteiger partial charge on any atom is 0.254 e. The third kappa shape index (κ3) is 6.60. The molecule has 0 aromatic heterocycles. The molecule has 0 bridgehead atoms. The van der Waals surface area contributed by atoms with Crippen molar-refractivity contribution in [1.82, 2.24) is 14.6 Å². The summed E-state index contributed by atoms with van der Waals surface area (Å²) in [7, 11) is -3.55. The number of carbonyl (C=O) groups is 1. The molecule has 12 heteroatoms. The first-order valence-corrected chi connectivity index (χ1v) is 13.5. The lowest BCUT2D eigenvalue weighted by molar-refractivity contribution is -0.122. The first-order valence-electron chi connectivity index (χ1n) is 9.15. The highest BCUT2D eigenvalue weighted by molar-refractivity contribution is 14.1. The number of rotatable bonds is 6. The van der Waals surface area contributed by atoms with Gasteiger partial charge in [-0.05, 0) is 81.6 Å². The van der Waals surface area contributed by atoms with Gasteiger partial charge in [-0.2, -0.15) is 9.41 Å². The zero-order valence-electron chi connectivity index (χ0n) is 16.1. The zero-order valence-corrected chi connectivity index (χ0v) is 22.9. The van der Waals surface area contributed by atoms with E-state index in [-0.39, 0.29) is 23.1 Å². The average molecular weight is 733 g/mol. The number of hydrogen-bond donors (Lipinski definition) is 2. The maximum atomic E-state index is 12.8. The Morgan fingerprint density at radius 3 is 2.45 bits per heavy atom. The van der Waals surface area contributed by atoms with E-state index in [2.05, 4.69) is 49.0 Å². The minimum absolute atomic E-state index is 0.110. The van der Waals surface area contributed by atoms with Gasteiger partial charge in [-0.1, -0.05) is 15.9 Å². The molecule has 1 heterocycles. The number of amides is 1. The summed E-state index contributed by atoms with van der Waals surface area (Å²) in [6.45, 7) is 1.62. The van der Waals surface area contributed by atoms with E-state index in [4.69, 9.17) is 0 Å². The fourth-order valence-corrected chi connectivity index (χ4v) is 6.56. The fourth-order valence-electron chi connectivity index (χ4n) is 2.98. The molecule has 0 aliphatic carbocycles. The summed E-state index contributed by atoms with van der Waals surface area (Å²) in [6, 6.07) is 10.1. The van der Waals surface area contributed by atoms with Gasteiger partial charge < -0.3 is 5.11 Å². The summed E-state index contributed by atoms with van der Waals surface area (Å²) in [4.78, 5) is 14.3. The van der Waals surface area contributed by atoms with Gasteiger partial charge >= 0.3 is 0 Å². The van der Waals surface area contributed by atoms with Crippen LogP contribution in [0.3, 0.4) is 0 Å². The number of halogens is 3. The molecule has 0 atom stereocenters. The molecule has 166 valence electrons. The Bertz CT molecular complexity index is 1090. The van der Waals surface area contributed by atoms with E-state index in [1.807, 2.05) is 33.6 Å². The summed E-state index contributed by atoms with van der Waals surface area (Å²) in [6.07, 6.45) is 1.40. The zero-order chi connectivity index (χ0) is 22.6. The van der Waals surface area contributed by atoms with Gasteiger partial charge in [0.25, 0.3) is 5.91 Å². The highest BCUT2D eigenvalue weighted by atomic mass is 127. The van der Waals surface area contributed by atoms with Gasteiger partial charge in [0.1, 0.15) is 5.75 Å². The van der Waals surface area contributed by atoms with Gasteiger partial charge in [-0.3, -0.25) is 9.69 Å². The van der Waals surface area contributed by atoms with Crippen LogP contribution in [-0.2, 0) is 14.8 Å². The van der Waals surface area contributed by atoms with Crippen LogP contribution in [-0.4, -0.2) is 67.6 Å². The average Bonchev–Trinajstić information content (AvgIpc) is 2.72. The molecule has 0 radical (unpaired) electrons. The summed E-state index contributed by atoms with van der Waals surface area (Å²) in [5.74, 6) is -0.192. The van der Waals surface area contributed by atoms with Crippen LogP contribution in [0.2, 0.25) is 0 Å². The summed E-state index contributed by atoms with van der Waals surface area (Å²) in [5, 5.41) is 14.0. The monoisotopic (exact) mass is 732 g/mol. The van der Waals surface area contributed by atoms with Crippen LogP contribution in [0.25, 0.3) is 0 Å². The first kappa shape index (κ1) is 24.8. The lowest BCUT2D eigenvalue weighted by Crippen LogP contribution is -2.50. The van der Waals surface area contributed by atoms with E-state index in [1.165, 1.54) is 10.5 Å². The molecule has 0 spiro atoms. The van der Waals surface area contributed by atoms with Crippen molar-refractivity contribution in [2.45, 2.75) is 4.90 Å². The Morgan fingerprint density at radius 1 is 1.16 bits per heavy atom. The van der Waals surface area contributed by atoms with Crippen LogP contribution in [0.15, 0.2) is 50.9 Å². The lowest BCUT2D eigenvalue weighted by atomic mass is 10.2. The van der Waals surface area contributed by atoms with Gasteiger partial charge in [0.05, 0.1) is 21.2 Å². The van der Waals surface area contributed by atoms with E-state index >= 15 is 0 Å². The molecule has 1 fully saturated rings. The van der Waals surface area contributed by atoms with E-state index in [0.717, 1.165) is 8.04 Å². The maximum absolute atomic E-state index is 12.8. The quantitative estimate of drug-likeness (QED) is 0.271. The van der Waals surface area contributed by atoms with Crippen molar-refractivity contribution in [3.8, 4) is 5.75 Å². The molecular weight excluding hydrogens is 714 g/mol. The van der Waals surface area contributed by atoms with Gasteiger partial charge in [-0.15, -0.1) is 0 Å². The Kier molecular flexibility index (Phi) is 8.71. The summed E-state index contributed by atoms with van der Waals surface area (Å²) >= 11 is 7.47. The Labute approximate surface area is 216 Å². The number of hydrogen-bond acceptors (Lipinski definition) is 6. The predicted molar refractivity (Wildman–Crippen MR) is 139 cm³/mol. The van der Waals surface area contributed by atoms with Crippen LogP contribution in [0.4, 0.5) is 0 Å². The highest BCUT2D eigenvalue weighted by Gasteiger charge is 2.28. The van der Waals surface area contributed by atoms with Crippen molar-refractivity contribution in [2.24, 2.45) is 5.10 Å². The molecule has 2 aromatic carbocycles. The lowest BCUT2D eigenvalue weighted by Gasteiger charge is -2.33. The molecule has 3 rings (SSSR count). The molecule has 1 aliphatic rings. The number of benzene rings is 2. The highest BCUT2D eigenvalue weighted by Crippen LogP contribution is 2.25. The molecule has 1 amide bonds. The Balaban J connectivity index is 1.50. The van der Waals surface area contributed by atoms with Gasteiger partial charge in [0.15, 0.2) is 0 Å². The van der Waals surface area contributed by atoms with E-state index in [1.54, 1.807) is 30.3 Å². The van der Waals surface area contributed by atoms with E-state index < -0.39 is 10.0 Å². The standard InChI is InChI=1S/C19H19BrI2N4O4S/c20-14-1-3-16(4-2-14)31(29,30)26-7-5-25(6-8-26)12-18(27)24-23-11-13-9-15(21)10-17(22)19(13)28/h1-4,9-11,28H,5-8,12H2,(H,24,27)/b23-11-. The van der Waals surface area contributed by atoms with Crippen LogP contribution < -0.4 is 5.43 Å². The smallest absolute Gasteiger partial charge is 0.254 e. The van der Waals surface area contributed by atoms with Gasteiger partial charge in [-0.25, -0.2) is 13.8 Å². The predicted octanol–water partition coefficient (Wildman–Crippen LogP) is 2.82. The van der Waals surface area contributed by atoms with Crippen molar-refractivity contribution in [2.75, 3.05) is 32.7 Å². The van der Waals surface area contributed by atoms with E-state index in [0.29, 0.717) is 35.3 Å². The number of phenolic OH excluding ortho intramolecular Hbond substituents is 1. The number of carbonyl (C=O) groups excluding carboxylic acids is 1. The number of sulfonamides is 1. The Morgan fingerprint density at radius 2 is 1.81 bits per heavy atom. The third-order valence-corrected chi connectivity index (χ3v) is 8.49. The molecule has 1 aliphatic heterocycles. The number of hydrazone groups is 1. The minimum atomic E-state index is -3.55. The van der Waals surface area contributed by atoms with Crippen molar-refractivity contribution in [3.63, 3.8) is 0 Å². The second kappa shape index (κ2) is 10.9. The molecule has 8 nitrogen and oxygen atoms in total. The van der Waals surface area contributed by atoms with Gasteiger partial charge in [0, 0.05) is 39.8 Å². The number of nitrogens with zero attached hydrogens (tertiary/aromatic N) is 3. The number of phenols is 1. The van der Waals surface area contributed by atoms with Crippen molar-refractivity contribution in [1.29, 1.82) is 0 Å². The first-order chi connectivity index (χ1) is 14.7. The van der Waals surface area contributed by atoms with Crippen molar-refractivity contribution >= 4 is 83.3 Å². The number of nitrogens with one attached hydrogen (secondary N) is 1. The van der Waals surface area contributed by atoms with Crippen molar-refractivity contribution < 1.29 is 18.3 Å². The molecule has 0 saturated carbocycles. The minimum Gasteiger partial charge on any atom is -0.506 e. The van der Waals surface area contributed by atoms with E-state index in [9.17, 15) is 18.3 Å². The third-order valence-electron chi connectivity index (χ3n) is 4.60. The van der Waals surface area contributed by atoms with Crippen LogP contribution in [0.1, 0.15) is 5.56 Å². The molecule has 1 saturated heterocycles. The largest absolute Gasteiger partial charge is 0.506 e. The SMILES string of the molecule is O=C(CN1CCN(S(=O)(=O)c2ccc(Br)cc2)CC1)N/N=C\c1cc(I)cc(I)c1O. The molecule has 0 unspecified atom stereocenters. The fraction of sp³-hybridized carbons (Fsp3) is 0.263. The second-order valence-electron chi connectivity index (χ2n) is 6.75. The summed E-state index contributed by atoms with van der Waals surface area (Å²) < 4.78 is 29.4. The number of aromatic hydroxyl groups is 1.